The Labute approximate surface area is 218 Å². The minimum absolute atomic E-state index is 0.178. The van der Waals surface area contributed by atoms with Crippen LogP contribution in [0.5, 0.6) is 0 Å². The van der Waals surface area contributed by atoms with Crippen LogP contribution in [-0.2, 0) is 6.54 Å². The molecule has 5 aromatic rings. The number of aromatic amines is 2. The van der Waals surface area contributed by atoms with Crippen LogP contribution in [0.4, 0.5) is 15.8 Å². The number of fused-ring (bicyclic) bond motifs is 5. The first-order chi connectivity index (χ1) is 18.6. The Bertz CT molecular complexity index is 1660. The van der Waals surface area contributed by atoms with Crippen molar-refractivity contribution >= 4 is 33.3 Å². The second-order valence-electron chi connectivity index (χ2n) is 10.3. The summed E-state index contributed by atoms with van der Waals surface area (Å²) in [7, 11) is 0. The number of H-pyrrole nitrogens is 2. The molecule has 4 N–H and O–H groups in total. The van der Waals surface area contributed by atoms with E-state index in [4.69, 9.17) is 4.98 Å². The van der Waals surface area contributed by atoms with E-state index in [0.717, 1.165) is 49.1 Å². The summed E-state index contributed by atoms with van der Waals surface area (Å²) in [5.41, 5.74) is 4.19. The Morgan fingerprint density at radius 1 is 1.05 bits per heavy atom. The maximum absolute atomic E-state index is 15.5. The zero-order valence-electron chi connectivity index (χ0n) is 20.8. The number of nitrogens with zero attached hydrogens (tertiary/aromatic N) is 3. The number of nitrogens with one attached hydrogen (secondary N) is 4. The van der Waals surface area contributed by atoms with E-state index in [1.54, 1.807) is 18.5 Å². The predicted molar refractivity (Wildman–Crippen MR) is 148 cm³/mol. The lowest BCUT2D eigenvalue weighted by Gasteiger charge is -2.45. The molecule has 0 aliphatic carbocycles. The molecule has 3 aromatic heterocycles. The molecular weight excluding hydrogens is 481 g/mol. The SMILES string of the molecule is O=c1[nH]c2cc(NCc3cccnc3)c(F)cc2c(N[C@H]2CN3CCC2CC3)c1-c1nc2ccccc2[nH]1. The maximum atomic E-state index is 15.5. The molecular formula is C29H28FN7O. The van der Waals surface area contributed by atoms with E-state index in [9.17, 15) is 4.79 Å². The van der Waals surface area contributed by atoms with E-state index in [-0.39, 0.29) is 17.4 Å². The fraction of sp³-hybridized carbons (Fsp3) is 0.276. The summed E-state index contributed by atoms with van der Waals surface area (Å²) in [5, 5.41) is 7.47. The van der Waals surface area contributed by atoms with Crippen LogP contribution in [0, 0.1) is 11.7 Å². The summed E-state index contributed by atoms with van der Waals surface area (Å²) in [5.74, 6) is 0.599. The van der Waals surface area contributed by atoms with Gasteiger partial charge in [0, 0.05) is 36.9 Å². The second-order valence-corrected chi connectivity index (χ2v) is 10.3. The van der Waals surface area contributed by atoms with Crippen molar-refractivity contribution in [2.45, 2.75) is 25.4 Å². The number of hydrogen-bond acceptors (Lipinski definition) is 6. The molecule has 3 fully saturated rings. The highest BCUT2D eigenvalue weighted by molar-refractivity contribution is 6.00. The minimum atomic E-state index is -0.388. The quantitative estimate of drug-likeness (QED) is 0.264. The molecule has 2 bridgehead atoms. The minimum Gasteiger partial charge on any atom is -0.379 e. The lowest BCUT2D eigenvalue weighted by Crippen LogP contribution is -2.53. The van der Waals surface area contributed by atoms with E-state index < -0.39 is 0 Å². The van der Waals surface area contributed by atoms with Crippen molar-refractivity contribution in [3.63, 3.8) is 0 Å². The summed E-state index contributed by atoms with van der Waals surface area (Å²) in [6.07, 6.45) is 5.68. The van der Waals surface area contributed by atoms with Crippen molar-refractivity contribution < 1.29 is 4.39 Å². The zero-order chi connectivity index (χ0) is 25.6. The fourth-order valence-electron chi connectivity index (χ4n) is 5.91. The van der Waals surface area contributed by atoms with Crippen molar-refractivity contribution in [3.8, 4) is 11.4 Å². The van der Waals surface area contributed by atoms with E-state index in [0.29, 0.717) is 46.1 Å². The van der Waals surface area contributed by atoms with Gasteiger partial charge in [-0.1, -0.05) is 18.2 Å². The number of para-hydroxylation sites is 2. The number of pyridine rings is 2. The molecule has 3 aliphatic rings. The molecule has 38 heavy (non-hydrogen) atoms. The Hall–Kier alpha value is -4.24. The summed E-state index contributed by atoms with van der Waals surface area (Å²) in [6.45, 7) is 3.54. The molecule has 0 radical (unpaired) electrons. The molecule has 8 nitrogen and oxygen atoms in total. The molecule has 0 spiro atoms. The summed E-state index contributed by atoms with van der Waals surface area (Å²) in [6, 6.07) is 14.8. The van der Waals surface area contributed by atoms with Crippen LogP contribution < -0.4 is 16.2 Å². The molecule has 2 aromatic carbocycles. The number of piperidine rings is 3. The van der Waals surface area contributed by atoms with Gasteiger partial charge in [-0.15, -0.1) is 0 Å². The average Bonchev–Trinajstić information content (AvgIpc) is 3.37. The molecule has 9 heteroatoms. The monoisotopic (exact) mass is 509 g/mol. The van der Waals surface area contributed by atoms with Crippen molar-refractivity contribution in [2.24, 2.45) is 5.92 Å². The van der Waals surface area contributed by atoms with Gasteiger partial charge in [-0.3, -0.25) is 9.78 Å². The smallest absolute Gasteiger partial charge is 0.261 e. The first kappa shape index (κ1) is 22.9. The Balaban J connectivity index is 1.35. The lowest BCUT2D eigenvalue weighted by molar-refractivity contribution is 0.0976. The first-order valence-corrected chi connectivity index (χ1v) is 13.1. The number of rotatable bonds is 6. The number of halogens is 1. The molecule has 8 rings (SSSR count). The van der Waals surface area contributed by atoms with E-state index in [1.165, 1.54) is 6.07 Å². The number of aromatic nitrogens is 4. The predicted octanol–water partition coefficient (Wildman–Crippen LogP) is 4.72. The van der Waals surface area contributed by atoms with Gasteiger partial charge in [-0.25, -0.2) is 9.37 Å². The van der Waals surface area contributed by atoms with Crippen molar-refractivity contribution in [3.05, 3.63) is 82.7 Å². The van der Waals surface area contributed by atoms with Crippen LogP contribution in [-0.4, -0.2) is 50.5 Å². The third-order valence-electron chi connectivity index (χ3n) is 7.92. The van der Waals surface area contributed by atoms with E-state index >= 15 is 4.39 Å². The molecule has 3 aliphatic heterocycles. The standard InChI is InChI=1S/C29H28FN7O/c30-20-12-19-23(13-24(20)32-15-17-4-3-9-31-14-17)36-29(38)26(28-34-21-5-1-2-6-22(21)35-28)27(19)33-25-16-37-10-7-18(25)8-11-37/h1-6,9,12-14,18,25,32H,7-8,10-11,15-16H2,(H,34,35)(H2,33,36,38)/t25-/m0/s1. The van der Waals surface area contributed by atoms with Gasteiger partial charge >= 0.3 is 0 Å². The van der Waals surface area contributed by atoms with Crippen LogP contribution >= 0.6 is 0 Å². The van der Waals surface area contributed by atoms with E-state index in [2.05, 4.69) is 30.5 Å². The molecule has 1 atom stereocenters. The third-order valence-corrected chi connectivity index (χ3v) is 7.92. The highest BCUT2D eigenvalue weighted by Gasteiger charge is 2.35. The van der Waals surface area contributed by atoms with Crippen molar-refractivity contribution in [2.75, 3.05) is 30.3 Å². The van der Waals surface area contributed by atoms with Gasteiger partial charge in [-0.05, 0) is 67.7 Å². The first-order valence-electron chi connectivity index (χ1n) is 13.1. The second kappa shape index (κ2) is 9.25. The van der Waals surface area contributed by atoms with Crippen molar-refractivity contribution in [1.82, 2.24) is 24.8 Å². The van der Waals surface area contributed by atoms with Gasteiger partial charge in [0.15, 0.2) is 0 Å². The third kappa shape index (κ3) is 4.09. The molecule has 0 amide bonds. The van der Waals surface area contributed by atoms with Crippen LogP contribution in [0.1, 0.15) is 18.4 Å². The number of imidazole rings is 1. The summed E-state index contributed by atoms with van der Waals surface area (Å²) < 4.78 is 15.5. The number of hydrogen-bond donors (Lipinski definition) is 4. The maximum Gasteiger partial charge on any atom is 0.261 e. The zero-order valence-corrected chi connectivity index (χ0v) is 20.8. The van der Waals surface area contributed by atoms with Crippen LogP contribution in [0.2, 0.25) is 0 Å². The highest BCUT2D eigenvalue weighted by Crippen LogP contribution is 2.37. The average molecular weight is 510 g/mol. The summed E-state index contributed by atoms with van der Waals surface area (Å²) in [4.78, 5) is 31.2. The van der Waals surface area contributed by atoms with Crippen LogP contribution in [0.15, 0.2) is 65.7 Å². The van der Waals surface area contributed by atoms with Gasteiger partial charge in [0.2, 0.25) is 0 Å². The van der Waals surface area contributed by atoms with Crippen LogP contribution in [0.3, 0.4) is 0 Å². The number of benzene rings is 2. The molecule has 3 saturated heterocycles. The van der Waals surface area contributed by atoms with Crippen LogP contribution in [0.25, 0.3) is 33.3 Å². The largest absolute Gasteiger partial charge is 0.379 e. The highest BCUT2D eigenvalue weighted by atomic mass is 19.1. The van der Waals surface area contributed by atoms with Gasteiger partial charge in [0.05, 0.1) is 27.9 Å². The van der Waals surface area contributed by atoms with Gasteiger partial charge in [0.1, 0.15) is 17.2 Å². The normalized spacial score (nSPS) is 20.7. The Kier molecular flexibility index (Phi) is 5.58. The number of anilines is 2. The molecule has 192 valence electrons. The molecule has 0 unspecified atom stereocenters. The Morgan fingerprint density at radius 2 is 1.92 bits per heavy atom. The lowest BCUT2D eigenvalue weighted by atomic mass is 9.83. The van der Waals surface area contributed by atoms with Gasteiger partial charge in [0.25, 0.3) is 5.56 Å². The Morgan fingerprint density at radius 3 is 2.68 bits per heavy atom. The van der Waals surface area contributed by atoms with Gasteiger partial charge < -0.3 is 25.5 Å². The summed E-state index contributed by atoms with van der Waals surface area (Å²) >= 11 is 0. The molecule has 0 saturated carbocycles. The topological polar surface area (TPSA) is 102 Å². The fourth-order valence-corrected chi connectivity index (χ4v) is 5.91. The van der Waals surface area contributed by atoms with Gasteiger partial charge in [-0.2, -0.15) is 0 Å². The van der Waals surface area contributed by atoms with Crippen molar-refractivity contribution in [1.29, 1.82) is 0 Å². The molecule has 6 heterocycles. The van der Waals surface area contributed by atoms with E-state index in [1.807, 2.05) is 36.4 Å².